The van der Waals surface area contributed by atoms with E-state index < -0.39 is 22.0 Å². The van der Waals surface area contributed by atoms with Crippen LogP contribution in [0.1, 0.15) is 38.2 Å². The van der Waals surface area contributed by atoms with E-state index in [-0.39, 0.29) is 29.3 Å². The van der Waals surface area contributed by atoms with Crippen LogP contribution >= 0.6 is 0 Å². The Kier molecular flexibility index (Phi) is 4.86. The van der Waals surface area contributed by atoms with Gasteiger partial charge in [0, 0.05) is 18.2 Å². The smallest absolute Gasteiger partial charge is 0.329 e. The van der Waals surface area contributed by atoms with Gasteiger partial charge in [0.05, 0.1) is 0 Å². The van der Waals surface area contributed by atoms with E-state index in [1.807, 2.05) is 6.92 Å². The predicted octanol–water partition coefficient (Wildman–Crippen LogP) is 1.06. The van der Waals surface area contributed by atoms with Crippen LogP contribution in [0, 0.1) is 5.92 Å². The van der Waals surface area contributed by atoms with Crippen molar-refractivity contribution < 1.29 is 22.7 Å². The Hall–Kier alpha value is -2.42. The Morgan fingerprint density at radius 1 is 1.29 bits per heavy atom. The Morgan fingerprint density at radius 2 is 2.04 bits per heavy atom. The third-order valence-corrected chi connectivity index (χ3v) is 6.80. The minimum absolute atomic E-state index is 0.0868. The largest absolute Gasteiger partial charge is 0.454 e. The van der Waals surface area contributed by atoms with Crippen LogP contribution < -0.4 is 5.32 Å². The molecule has 2 aliphatic heterocycles. The number of nitrogens with zero attached hydrogens (tertiary/aromatic N) is 2. The van der Waals surface area contributed by atoms with Crippen molar-refractivity contribution in [2.24, 2.45) is 10.3 Å². The number of carbonyl (C=O) groups excluding carboxylic acids is 2. The van der Waals surface area contributed by atoms with Gasteiger partial charge in [-0.1, -0.05) is 12.1 Å². The average molecular weight is 405 g/mol. The van der Waals surface area contributed by atoms with Gasteiger partial charge in [0.2, 0.25) is 0 Å². The van der Waals surface area contributed by atoms with E-state index in [0.29, 0.717) is 30.9 Å². The minimum atomic E-state index is -3.75. The van der Waals surface area contributed by atoms with Gasteiger partial charge in [0.1, 0.15) is 10.9 Å². The summed E-state index contributed by atoms with van der Waals surface area (Å²) in [5, 5.41) is 2.85. The SMILES string of the molecule is C[C@H](NC(=O)COC(=O)[C@@H]1CCCN1C1=NS(=O)(=O)c2ccccc21)C1CC1. The fraction of sp³-hybridized carbons (Fsp3) is 0.526. The first kappa shape index (κ1) is 18.9. The number of ether oxygens (including phenoxy) is 1. The molecule has 1 saturated heterocycles. The highest BCUT2D eigenvalue weighted by Crippen LogP contribution is 2.32. The molecule has 0 radical (unpaired) electrons. The second-order valence-electron chi connectivity index (χ2n) is 7.54. The van der Waals surface area contributed by atoms with E-state index in [2.05, 4.69) is 9.71 Å². The predicted molar refractivity (Wildman–Crippen MR) is 101 cm³/mol. The summed E-state index contributed by atoms with van der Waals surface area (Å²) in [7, 11) is -3.75. The zero-order valence-corrected chi connectivity index (χ0v) is 16.4. The van der Waals surface area contributed by atoms with Gasteiger partial charge in [-0.25, -0.2) is 4.79 Å². The number of benzene rings is 1. The maximum absolute atomic E-state index is 12.6. The van der Waals surface area contributed by atoms with Gasteiger partial charge in [-0.2, -0.15) is 8.42 Å². The molecule has 3 aliphatic rings. The Balaban J connectivity index is 1.42. The summed E-state index contributed by atoms with van der Waals surface area (Å²) in [5.74, 6) is -0.0474. The van der Waals surface area contributed by atoms with Gasteiger partial charge >= 0.3 is 5.97 Å². The topological polar surface area (TPSA) is 105 Å². The Bertz CT molecular complexity index is 939. The van der Waals surface area contributed by atoms with Gasteiger partial charge in [-0.05, 0) is 50.7 Å². The van der Waals surface area contributed by atoms with Crippen molar-refractivity contribution in [2.75, 3.05) is 13.2 Å². The van der Waals surface area contributed by atoms with Gasteiger partial charge in [0.15, 0.2) is 12.4 Å². The van der Waals surface area contributed by atoms with E-state index in [4.69, 9.17) is 4.74 Å². The first-order valence-corrected chi connectivity index (χ1v) is 11.0. The van der Waals surface area contributed by atoms with Crippen molar-refractivity contribution in [2.45, 2.75) is 49.6 Å². The molecule has 0 bridgehead atoms. The van der Waals surface area contributed by atoms with Crippen LogP contribution in [0.2, 0.25) is 0 Å². The van der Waals surface area contributed by atoms with Crippen LogP contribution in [0.25, 0.3) is 0 Å². The van der Waals surface area contributed by atoms with E-state index in [9.17, 15) is 18.0 Å². The number of hydrogen-bond acceptors (Lipinski definition) is 6. The summed E-state index contributed by atoms with van der Waals surface area (Å²) in [4.78, 5) is 26.4. The Labute approximate surface area is 164 Å². The highest BCUT2D eigenvalue weighted by molar-refractivity contribution is 7.90. The van der Waals surface area contributed by atoms with E-state index in [0.717, 1.165) is 12.8 Å². The van der Waals surface area contributed by atoms with Crippen molar-refractivity contribution in [1.82, 2.24) is 10.2 Å². The molecule has 1 aliphatic carbocycles. The highest BCUT2D eigenvalue weighted by atomic mass is 32.2. The molecule has 9 heteroatoms. The van der Waals surface area contributed by atoms with Crippen LogP contribution in [0.5, 0.6) is 0 Å². The lowest BCUT2D eigenvalue weighted by Gasteiger charge is -2.25. The number of nitrogens with one attached hydrogen (secondary N) is 1. The van der Waals surface area contributed by atoms with E-state index >= 15 is 0 Å². The molecule has 0 aromatic heterocycles. The normalized spacial score (nSPS) is 23.7. The summed E-state index contributed by atoms with van der Waals surface area (Å²) in [6.45, 7) is 2.13. The molecule has 1 amide bonds. The molecule has 28 heavy (non-hydrogen) atoms. The number of rotatable bonds is 5. The van der Waals surface area contributed by atoms with Gasteiger partial charge in [-0.3, -0.25) is 4.79 Å². The number of amides is 1. The maximum Gasteiger partial charge on any atom is 0.329 e. The monoisotopic (exact) mass is 405 g/mol. The number of esters is 1. The summed E-state index contributed by atoms with van der Waals surface area (Å²) in [6, 6.07) is 6.02. The number of carbonyl (C=O) groups is 2. The number of fused-ring (bicyclic) bond motifs is 1. The van der Waals surface area contributed by atoms with Gasteiger partial charge < -0.3 is 15.0 Å². The van der Waals surface area contributed by atoms with Crippen LogP contribution in [-0.4, -0.2) is 56.3 Å². The van der Waals surface area contributed by atoms with E-state index in [1.54, 1.807) is 23.1 Å². The number of hydrogen-bond donors (Lipinski definition) is 1. The molecule has 0 unspecified atom stereocenters. The van der Waals surface area contributed by atoms with Crippen LogP contribution in [0.4, 0.5) is 0 Å². The summed E-state index contributed by atoms with van der Waals surface area (Å²) in [5.41, 5.74) is 0.498. The summed E-state index contributed by atoms with van der Waals surface area (Å²) >= 11 is 0. The van der Waals surface area contributed by atoms with Crippen LogP contribution in [0.3, 0.4) is 0 Å². The van der Waals surface area contributed by atoms with Gasteiger partial charge in [0.25, 0.3) is 15.9 Å². The standard InChI is InChI=1S/C19H23N3O5S/c1-12(13-8-9-13)20-17(23)11-27-19(24)15-6-4-10-22(15)18-14-5-2-3-7-16(14)28(25,26)21-18/h2-3,5,7,12-13,15H,4,6,8-11H2,1H3,(H,20,23)/t12-,15-/m0/s1. The van der Waals surface area contributed by atoms with Crippen molar-refractivity contribution >= 4 is 27.7 Å². The second kappa shape index (κ2) is 7.20. The number of amidine groups is 1. The number of likely N-dealkylation sites (tertiary alicyclic amines) is 1. The lowest BCUT2D eigenvalue weighted by Crippen LogP contribution is -2.43. The quantitative estimate of drug-likeness (QED) is 0.735. The molecule has 4 rings (SSSR count). The Morgan fingerprint density at radius 3 is 2.79 bits per heavy atom. The lowest BCUT2D eigenvalue weighted by molar-refractivity contribution is -0.152. The molecule has 2 heterocycles. The summed E-state index contributed by atoms with van der Waals surface area (Å²) in [6.07, 6.45) is 3.47. The van der Waals surface area contributed by atoms with E-state index in [1.165, 1.54) is 6.07 Å². The first-order valence-electron chi connectivity index (χ1n) is 9.54. The fourth-order valence-corrected chi connectivity index (χ4v) is 5.02. The first-order chi connectivity index (χ1) is 13.4. The van der Waals surface area contributed by atoms with Crippen molar-refractivity contribution in [3.8, 4) is 0 Å². The number of sulfonamides is 1. The fourth-order valence-electron chi connectivity index (χ4n) is 3.80. The molecule has 1 saturated carbocycles. The molecule has 2 fully saturated rings. The zero-order chi connectivity index (χ0) is 19.9. The van der Waals surface area contributed by atoms with Crippen molar-refractivity contribution in [3.05, 3.63) is 29.8 Å². The molecule has 1 aromatic rings. The van der Waals surface area contributed by atoms with Gasteiger partial charge in [-0.15, -0.1) is 4.40 Å². The third kappa shape index (κ3) is 3.63. The summed E-state index contributed by atoms with van der Waals surface area (Å²) < 4.78 is 33.7. The molecular weight excluding hydrogens is 382 g/mol. The molecule has 0 spiro atoms. The molecule has 8 nitrogen and oxygen atoms in total. The molecule has 150 valence electrons. The molecule has 2 atom stereocenters. The second-order valence-corrected chi connectivity index (χ2v) is 9.11. The minimum Gasteiger partial charge on any atom is -0.454 e. The third-order valence-electron chi connectivity index (χ3n) is 5.47. The zero-order valence-electron chi connectivity index (χ0n) is 15.6. The van der Waals surface area contributed by atoms with Crippen LogP contribution in [0.15, 0.2) is 33.6 Å². The highest BCUT2D eigenvalue weighted by Gasteiger charge is 2.40. The average Bonchev–Trinajstić information content (AvgIpc) is 3.35. The lowest BCUT2D eigenvalue weighted by atomic mass is 10.1. The van der Waals surface area contributed by atoms with Crippen molar-refractivity contribution in [1.29, 1.82) is 0 Å². The molecule has 1 aromatic carbocycles. The van der Waals surface area contributed by atoms with Crippen molar-refractivity contribution in [3.63, 3.8) is 0 Å². The van der Waals surface area contributed by atoms with Crippen LogP contribution in [-0.2, 0) is 24.3 Å². The molecule has 1 N–H and O–H groups in total. The maximum atomic E-state index is 12.6. The molecular formula is C19H23N3O5S.